The van der Waals surface area contributed by atoms with Crippen molar-refractivity contribution in [1.82, 2.24) is 9.80 Å². The van der Waals surface area contributed by atoms with E-state index < -0.39 is 12.8 Å². The lowest BCUT2D eigenvalue weighted by Crippen LogP contribution is -2.52. The van der Waals surface area contributed by atoms with Crippen molar-refractivity contribution in [2.75, 3.05) is 51.3 Å². The normalized spacial score (nSPS) is 17.7. The Kier molecular flexibility index (Phi) is 8.53. The molecule has 1 aromatic carbocycles. The summed E-state index contributed by atoms with van der Waals surface area (Å²) in [7, 11) is 0. The fourth-order valence-electron chi connectivity index (χ4n) is 2.93. The second-order valence-electron chi connectivity index (χ2n) is 6.57. The average molecular weight is 452 g/mol. The maximum absolute atomic E-state index is 12.4. The summed E-state index contributed by atoms with van der Waals surface area (Å²) in [5.74, 6) is -0.0536. The number of anilines is 1. The zero-order valence-corrected chi connectivity index (χ0v) is 16.9. The Hall–Kier alpha value is -1.16. The van der Waals surface area contributed by atoms with Crippen molar-refractivity contribution in [3.63, 3.8) is 0 Å². The molecule has 27 heavy (non-hydrogen) atoms. The molecule has 1 heterocycles. The van der Waals surface area contributed by atoms with Gasteiger partial charge in [0.2, 0.25) is 5.91 Å². The Morgan fingerprint density at radius 2 is 2.00 bits per heavy atom. The lowest BCUT2D eigenvalue weighted by atomic mass is 10.2. The van der Waals surface area contributed by atoms with Crippen LogP contribution in [0.5, 0.6) is 0 Å². The molecule has 1 amide bonds. The van der Waals surface area contributed by atoms with Crippen LogP contribution >= 0.6 is 15.9 Å². The maximum Gasteiger partial charge on any atom is 0.411 e. The van der Waals surface area contributed by atoms with Crippen LogP contribution in [0.25, 0.3) is 0 Å². The summed E-state index contributed by atoms with van der Waals surface area (Å²) in [5, 5.41) is 2.92. The maximum atomic E-state index is 12.4. The minimum atomic E-state index is -4.27. The Bertz CT molecular complexity index is 608. The van der Waals surface area contributed by atoms with E-state index in [0.717, 1.165) is 36.3 Å². The molecule has 1 atom stereocenters. The molecule has 1 aromatic rings. The van der Waals surface area contributed by atoms with Crippen LogP contribution in [0, 0.1) is 0 Å². The van der Waals surface area contributed by atoms with Crippen LogP contribution in [0.4, 0.5) is 18.9 Å². The third kappa shape index (κ3) is 8.16. The Labute approximate surface area is 166 Å². The van der Waals surface area contributed by atoms with Crippen LogP contribution in [0.2, 0.25) is 0 Å². The number of nitrogens with one attached hydrogen (secondary N) is 1. The third-order valence-electron chi connectivity index (χ3n) is 4.45. The van der Waals surface area contributed by atoms with Gasteiger partial charge in [0.1, 0.15) is 6.61 Å². The highest BCUT2D eigenvalue weighted by atomic mass is 79.9. The minimum absolute atomic E-state index is 0.0536. The number of hydrogen-bond acceptors (Lipinski definition) is 4. The van der Waals surface area contributed by atoms with E-state index in [1.165, 1.54) is 0 Å². The minimum Gasteiger partial charge on any atom is -0.372 e. The van der Waals surface area contributed by atoms with Crippen LogP contribution < -0.4 is 5.32 Å². The number of ether oxygens (including phenoxy) is 1. The topological polar surface area (TPSA) is 44.8 Å². The highest BCUT2D eigenvalue weighted by Gasteiger charge is 2.28. The largest absolute Gasteiger partial charge is 0.411 e. The molecule has 1 saturated heterocycles. The number of hydrogen-bond donors (Lipinski definition) is 1. The lowest BCUT2D eigenvalue weighted by Gasteiger charge is -2.37. The van der Waals surface area contributed by atoms with E-state index in [4.69, 9.17) is 0 Å². The first-order chi connectivity index (χ1) is 12.7. The van der Waals surface area contributed by atoms with Crippen molar-refractivity contribution in [3.8, 4) is 0 Å². The molecule has 0 bridgehead atoms. The van der Waals surface area contributed by atoms with Crippen LogP contribution in [0.1, 0.15) is 13.3 Å². The molecular weight excluding hydrogens is 427 g/mol. The number of halogens is 4. The molecular formula is C18H25BrF3N3O2. The quantitative estimate of drug-likeness (QED) is 0.615. The number of piperazine rings is 1. The Morgan fingerprint density at radius 3 is 2.63 bits per heavy atom. The van der Waals surface area contributed by atoms with Crippen molar-refractivity contribution in [1.29, 1.82) is 0 Å². The molecule has 0 aliphatic carbocycles. The van der Waals surface area contributed by atoms with Crippen LogP contribution in [0.15, 0.2) is 28.7 Å². The second-order valence-corrected chi connectivity index (χ2v) is 7.49. The van der Waals surface area contributed by atoms with E-state index in [-0.39, 0.29) is 18.6 Å². The Balaban J connectivity index is 1.66. The van der Waals surface area contributed by atoms with E-state index in [9.17, 15) is 18.0 Å². The Morgan fingerprint density at radius 1 is 1.30 bits per heavy atom. The molecule has 5 nitrogen and oxygen atoms in total. The molecule has 0 spiro atoms. The highest BCUT2D eigenvalue weighted by molar-refractivity contribution is 9.10. The summed E-state index contributed by atoms with van der Waals surface area (Å²) in [5.41, 5.74) is 0.749. The molecule has 0 aromatic heterocycles. The predicted molar refractivity (Wildman–Crippen MR) is 102 cm³/mol. The highest BCUT2D eigenvalue weighted by Crippen LogP contribution is 2.17. The van der Waals surface area contributed by atoms with Crippen LogP contribution in [-0.4, -0.2) is 73.9 Å². The fourth-order valence-corrected chi connectivity index (χ4v) is 3.33. The summed E-state index contributed by atoms with van der Waals surface area (Å²) < 4.78 is 41.5. The van der Waals surface area contributed by atoms with Crippen LogP contribution in [-0.2, 0) is 9.53 Å². The first kappa shape index (κ1) is 22.1. The van der Waals surface area contributed by atoms with Crippen LogP contribution in [0.3, 0.4) is 0 Å². The number of benzene rings is 1. The molecule has 1 fully saturated rings. The van der Waals surface area contributed by atoms with Gasteiger partial charge in [0.15, 0.2) is 0 Å². The van der Waals surface area contributed by atoms with Gasteiger partial charge in [0.05, 0.1) is 6.04 Å². The van der Waals surface area contributed by atoms with Gasteiger partial charge in [-0.05, 0) is 31.5 Å². The fraction of sp³-hybridized carbons (Fsp3) is 0.611. The molecule has 1 aliphatic rings. The SMILES string of the molecule is CC(C(=O)Nc1cccc(Br)c1)N1CCN(CCCOCC(F)(F)F)CC1. The van der Waals surface area contributed by atoms with Gasteiger partial charge in [0, 0.05) is 49.5 Å². The number of carbonyl (C=O) groups excluding carboxylic acids is 1. The predicted octanol–water partition coefficient (Wildman–Crippen LogP) is 3.36. The molecule has 0 saturated carbocycles. The van der Waals surface area contributed by atoms with E-state index in [0.29, 0.717) is 13.0 Å². The van der Waals surface area contributed by atoms with E-state index in [2.05, 4.69) is 35.8 Å². The number of rotatable bonds is 8. The van der Waals surface area contributed by atoms with E-state index in [1.54, 1.807) is 0 Å². The van der Waals surface area contributed by atoms with E-state index >= 15 is 0 Å². The van der Waals surface area contributed by atoms with Gasteiger partial charge in [-0.2, -0.15) is 13.2 Å². The number of amides is 1. The molecule has 1 aliphatic heterocycles. The van der Waals surface area contributed by atoms with Gasteiger partial charge in [-0.3, -0.25) is 9.69 Å². The summed E-state index contributed by atoms with van der Waals surface area (Å²) in [4.78, 5) is 16.7. The standard InChI is InChI=1S/C18H25BrF3N3O2/c1-14(17(26)23-16-5-2-4-15(19)12-16)25-9-7-24(8-10-25)6-3-11-27-13-18(20,21)22/h2,4-5,12,14H,3,6-11,13H2,1H3,(H,23,26). The zero-order valence-electron chi connectivity index (χ0n) is 15.3. The zero-order chi connectivity index (χ0) is 19.9. The van der Waals surface area contributed by atoms with Gasteiger partial charge in [-0.15, -0.1) is 0 Å². The van der Waals surface area contributed by atoms with Gasteiger partial charge in [-0.25, -0.2) is 0 Å². The van der Waals surface area contributed by atoms with Crippen molar-refractivity contribution >= 4 is 27.5 Å². The molecule has 1 unspecified atom stereocenters. The van der Waals surface area contributed by atoms with Gasteiger partial charge >= 0.3 is 6.18 Å². The summed E-state index contributed by atoms with van der Waals surface area (Å²) >= 11 is 3.38. The smallest absolute Gasteiger partial charge is 0.372 e. The molecule has 9 heteroatoms. The third-order valence-corrected chi connectivity index (χ3v) is 4.95. The molecule has 0 radical (unpaired) electrons. The number of alkyl halides is 3. The summed E-state index contributed by atoms with van der Waals surface area (Å²) in [6.07, 6.45) is -3.70. The van der Waals surface area contributed by atoms with Crippen molar-refractivity contribution in [3.05, 3.63) is 28.7 Å². The summed E-state index contributed by atoms with van der Waals surface area (Å²) in [6.45, 7) is 4.56. The van der Waals surface area contributed by atoms with Crippen molar-refractivity contribution < 1.29 is 22.7 Å². The van der Waals surface area contributed by atoms with Gasteiger partial charge in [-0.1, -0.05) is 22.0 Å². The lowest BCUT2D eigenvalue weighted by molar-refractivity contribution is -0.174. The van der Waals surface area contributed by atoms with Gasteiger partial charge < -0.3 is 15.0 Å². The molecule has 152 valence electrons. The van der Waals surface area contributed by atoms with Crippen molar-refractivity contribution in [2.45, 2.75) is 25.6 Å². The molecule has 2 rings (SSSR count). The monoisotopic (exact) mass is 451 g/mol. The van der Waals surface area contributed by atoms with Crippen molar-refractivity contribution in [2.24, 2.45) is 0 Å². The first-order valence-electron chi connectivity index (χ1n) is 8.92. The summed E-state index contributed by atoms with van der Waals surface area (Å²) in [6, 6.07) is 7.20. The number of carbonyl (C=O) groups is 1. The molecule has 1 N–H and O–H groups in total. The van der Waals surface area contributed by atoms with E-state index in [1.807, 2.05) is 31.2 Å². The van der Waals surface area contributed by atoms with Gasteiger partial charge in [0.25, 0.3) is 0 Å². The first-order valence-corrected chi connectivity index (χ1v) is 9.71. The average Bonchev–Trinajstić information content (AvgIpc) is 2.60. The number of nitrogens with zero attached hydrogens (tertiary/aromatic N) is 2. The second kappa shape index (κ2) is 10.4.